The molecule has 0 aliphatic rings. The Hall–Kier alpha value is -3.01. The van der Waals surface area contributed by atoms with Gasteiger partial charge < -0.3 is 13.6 Å². The molecule has 0 radical (unpaired) electrons. The highest BCUT2D eigenvalue weighted by atomic mass is 16.5. The number of fused-ring (bicyclic) bond motifs is 3. The van der Waals surface area contributed by atoms with Crippen LogP contribution in [0, 0.1) is 6.92 Å². The minimum absolute atomic E-state index is 0.0566. The average molecular weight is 306 g/mol. The molecule has 4 heteroatoms. The summed E-state index contributed by atoms with van der Waals surface area (Å²) in [4.78, 5) is 12.8. The third-order valence-electron chi connectivity index (χ3n) is 4.06. The average Bonchev–Trinajstić information content (AvgIpc) is 2.97. The Kier molecular flexibility index (Phi) is 2.98. The molecule has 114 valence electrons. The maximum Gasteiger partial charge on any atom is 0.200 e. The first-order valence-corrected chi connectivity index (χ1v) is 7.26. The van der Waals surface area contributed by atoms with Crippen molar-refractivity contribution >= 4 is 21.9 Å². The zero-order valence-electron chi connectivity index (χ0n) is 12.8. The molecule has 0 spiro atoms. The molecule has 0 atom stereocenters. The van der Waals surface area contributed by atoms with E-state index in [-0.39, 0.29) is 5.43 Å². The van der Waals surface area contributed by atoms with Crippen LogP contribution in [0.25, 0.3) is 33.1 Å². The second-order valence-corrected chi connectivity index (χ2v) is 5.44. The van der Waals surface area contributed by atoms with E-state index in [9.17, 15) is 4.79 Å². The second kappa shape index (κ2) is 5.02. The summed E-state index contributed by atoms with van der Waals surface area (Å²) in [5.74, 6) is 0.745. The van der Waals surface area contributed by atoms with Gasteiger partial charge in [0.1, 0.15) is 23.2 Å². The van der Waals surface area contributed by atoms with Crippen LogP contribution in [0.4, 0.5) is 0 Å². The lowest BCUT2D eigenvalue weighted by Crippen LogP contribution is -2.04. The summed E-state index contributed by atoms with van der Waals surface area (Å²) in [6.07, 6.45) is 3.18. The molecule has 4 rings (SSSR count). The number of furan rings is 1. The summed E-state index contributed by atoms with van der Waals surface area (Å²) >= 11 is 0. The van der Waals surface area contributed by atoms with Gasteiger partial charge in [0, 0.05) is 0 Å². The Morgan fingerprint density at radius 2 is 1.74 bits per heavy atom. The lowest BCUT2D eigenvalue weighted by atomic mass is 10.0. The van der Waals surface area contributed by atoms with Crippen molar-refractivity contribution in [2.45, 2.75) is 6.92 Å². The maximum atomic E-state index is 12.8. The maximum absolute atomic E-state index is 12.8. The molecule has 0 fully saturated rings. The summed E-state index contributed by atoms with van der Waals surface area (Å²) in [6, 6.07) is 10.9. The minimum atomic E-state index is -0.0566. The summed E-state index contributed by atoms with van der Waals surface area (Å²) in [5.41, 5.74) is 3.50. The highest BCUT2D eigenvalue weighted by Gasteiger charge is 2.14. The predicted octanol–water partition coefficient (Wildman–Crippen LogP) is 4.52. The van der Waals surface area contributed by atoms with Gasteiger partial charge in [-0.2, -0.15) is 0 Å². The summed E-state index contributed by atoms with van der Waals surface area (Å²) < 4.78 is 16.4. The molecule has 23 heavy (non-hydrogen) atoms. The molecule has 0 amide bonds. The Balaban J connectivity index is 1.99. The first-order chi connectivity index (χ1) is 11.2. The van der Waals surface area contributed by atoms with Gasteiger partial charge >= 0.3 is 0 Å². The number of methoxy groups -OCH3 is 1. The number of rotatable bonds is 2. The molecule has 0 aliphatic carbocycles. The highest BCUT2D eigenvalue weighted by molar-refractivity contribution is 6.04. The molecule has 0 saturated carbocycles. The van der Waals surface area contributed by atoms with Gasteiger partial charge in [0.25, 0.3) is 0 Å². The summed E-state index contributed by atoms with van der Waals surface area (Å²) in [6.45, 7) is 1.93. The van der Waals surface area contributed by atoms with Gasteiger partial charge in [-0.25, -0.2) is 0 Å². The van der Waals surface area contributed by atoms with E-state index in [2.05, 4.69) is 0 Å². The van der Waals surface area contributed by atoms with E-state index < -0.39 is 0 Å². The summed E-state index contributed by atoms with van der Waals surface area (Å²) in [7, 11) is 1.61. The zero-order chi connectivity index (χ0) is 16.0. The quantitative estimate of drug-likeness (QED) is 0.546. The summed E-state index contributed by atoms with van der Waals surface area (Å²) in [5, 5.41) is 1.40. The third kappa shape index (κ3) is 2.03. The monoisotopic (exact) mass is 306 g/mol. The fraction of sp³-hybridized carbons (Fsp3) is 0.105. The van der Waals surface area contributed by atoms with E-state index in [0.29, 0.717) is 16.5 Å². The molecular formula is C19H14O4. The van der Waals surface area contributed by atoms with Gasteiger partial charge in [-0.15, -0.1) is 0 Å². The van der Waals surface area contributed by atoms with Crippen molar-refractivity contribution in [3.8, 4) is 16.9 Å². The van der Waals surface area contributed by atoms with Crippen molar-refractivity contribution in [2.24, 2.45) is 0 Å². The smallest absolute Gasteiger partial charge is 0.200 e. The first kappa shape index (κ1) is 13.6. The van der Waals surface area contributed by atoms with Gasteiger partial charge in [-0.1, -0.05) is 12.1 Å². The van der Waals surface area contributed by atoms with Crippen molar-refractivity contribution in [3.05, 3.63) is 64.7 Å². The van der Waals surface area contributed by atoms with Crippen LogP contribution in [0.5, 0.6) is 5.75 Å². The molecule has 0 unspecified atom stereocenters. The van der Waals surface area contributed by atoms with Crippen molar-refractivity contribution in [2.75, 3.05) is 7.11 Å². The van der Waals surface area contributed by atoms with Crippen LogP contribution < -0.4 is 10.2 Å². The molecule has 4 aromatic rings. The van der Waals surface area contributed by atoms with Gasteiger partial charge in [-0.05, 0) is 42.3 Å². The van der Waals surface area contributed by atoms with Gasteiger partial charge in [0.05, 0.1) is 29.7 Å². The molecule has 2 heterocycles. The van der Waals surface area contributed by atoms with E-state index in [4.69, 9.17) is 13.6 Å². The van der Waals surface area contributed by atoms with E-state index in [0.717, 1.165) is 27.8 Å². The first-order valence-electron chi connectivity index (χ1n) is 7.26. The minimum Gasteiger partial charge on any atom is -0.497 e. The van der Waals surface area contributed by atoms with Crippen LogP contribution in [0.3, 0.4) is 0 Å². The van der Waals surface area contributed by atoms with E-state index in [1.165, 1.54) is 6.26 Å². The highest BCUT2D eigenvalue weighted by Crippen LogP contribution is 2.30. The molecule has 0 aliphatic heterocycles. The Morgan fingerprint density at radius 3 is 2.48 bits per heavy atom. The SMILES string of the molecule is COc1ccc(-c2coc3c(ccc4occ(C)c43)c2=O)cc1. The lowest BCUT2D eigenvalue weighted by Gasteiger charge is -2.05. The van der Waals surface area contributed by atoms with Gasteiger partial charge in [0.2, 0.25) is 5.43 Å². The van der Waals surface area contributed by atoms with Gasteiger partial charge in [0.15, 0.2) is 0 Å². The van der Waals surface area contributed by atoms with Crippen LogP contribution in [0.15, 0.2) is 62.6 Å². The molecule has 4 nitrogen and oxygen atoms in total. The van der Waals surface area contributed by atoms with Crippen molar-refractivity contribution in [3.63, 3.8) is 0 Å². The Labute approximate surface area is 131 Å². The standard InChI is InChI=1S/C19H14O4/c1-11-9-22-16-8-7-14-18(20)15(10-23-19(14)17(11)16)12-3-5-13(21-2)6-4-12/h3-10H,1-2H3. The van der Waals surface area contributed by atoms with Crippen LogP contribution in [-0.2, 0) is 0 Å². The van der Waals surface area contributed by atoms with E-state index >= 15 is 0 Å². The number of aryl methyl sites for hydroxylation is 1. The lowest BCUT2D eigenvalue weighted by molar-refractivity contribution is 0.415. The fourth-order valence-corrected chi connectivity index (χ4v) is 2.83. The molecular weight excluding hydrogens is 292 g/mol. The molecule has 0 saturated heterocycles. The number of hydrogen-bond donors (Lipinski definition) is 0. The van der Waals surface area contributed by atoms with Crippen LogP contribution in [0.2, 0.25) is 0 Å². The van der Waals surface area contributed by atoms with Crippen LogP contribution in [-0.4, -0.2) is 7.11 Å². The normalized spacial score (nSPS) is 11.2. The fourth-order valence-electron chi connectivity index (χ4n) is 2.83. The van der Waals surface area contributed by atoms with Crippen molar-refractivity contribution < 1.29 is 13.6 Å². The number of benzene rings is 2. The van der Waals surface area contributed by atoms with Crippen molar-refractivity contribution in [1.29, 1.82) is 0 Å². The Morgan fingerprint density at radius 1 is 0.957 bits per heavy atom. The van der Waals surface area contributed by atoms with E-state index in [1.54, 1.807) is 25.5 Å². The topological polar surface area (TPSA) is 52.6 Å². The molecule has 2 aromatic carbocycles. The Bertz CT molecular complexity index is 1070. The molecule has 0 bridgehead atoms. The second-order valence-electron chi connectivity index (χ2n) is 5.44. The molecule has 2 aromatic heterocycles. The van der Waals surface area contributed by atoms with Crippen LogP contribution >= 0.6 is 0 Å². The molecule has 0 N–H and O–H groups in total. The largest absolute Gasteiger partial charge is 0.497 e. The van der Waals surface area contributed by atoms with E-state index in [1.807, 2.05) is 31.2 Å². The van der Waals surface area contributed by atoms with Gasteiger partial charge in [-0.3, -0.25) is 4.79 Å². The number of ether oxygens (including phenoxy) is 1. The zero-order valence-corrected chi connectivity index (χ0v) is 12.8. The third-order valence-corrected chi connectivity index (χ3v) is 4.06. The number of hydrogen-bond acceptors (Lipinski definition) is 4. The predicted molar refractivity (Wildman–Crippen MR) is 89.0 cm³/mol. The van der Waals surface area contributed by atoms with Crippen LogP contribution in [0.1, 0.15) is 5.56 Å². The van der Waals surface area contributed by atoms with Crippen molar-refractivity contribution in [1.82, 2.24) is 0 Å².